The first-order valence-electron chi connectivity index (χ1n) is 9.66. The van der Waals surface area contributed by atoms with Gasteiger partial charge in [-0.05, 0) is 30.6 Å². The second-order valence-corrected chi connectivity index (χ2v) is 13.9. The van der Waals surface area contributed by atoms with Crippen molar-refractivity contribution in [3.8, 4) is 0 Å². The van der Waals surface area contributed by atoms with Crippen LogP contribution in [0.2, 0.25) is 18.1 Å². The van der Waals surface area contributed by atoms with Crippen LogP contribution in [0, 0.1) is 5.92 Å². The first-order chi connectivity index (χ1) is 12.0. The molecule has 1 fully saturated rings. The van der Waals surface area contributed by atoms with E-state index in [4.69, 9.17) is 13.9 Å². The first kappa shape index (κ1) is 21.6. The number of aliphatic hydroxyl groups is 1. The maximum atomic E-state index is 10.8. The monoisotopic (exact) mass is 380 g/mol. The van der Waals surface area contributed by atoms with Crippen molar-refractivity contribution in [2.24, 2.45) is 5.92 Å². The summed E-state index contributed by atoms with van der Waals surface area (Å²) in [5, 5.41) is 10.9. The lowest BCUT2D eigenvalue weighted by Gasteiger charge is -2.44. The van der Waals surface area contributed by atoms with E-state index in [0.29, 0.717) is 13.2 Å². The van der Waals surface area contributed by atoms with Crippen LogP contribution in [-0.2, 0) is 20.5 Å². The zero-order chi connectivity index (χ0) is 19.5. The third kappa shape index (κ3) is 5.17. The summed E-state index contributed by atoms with van der Waals surface area (Å²) >= 11 is 0. The van der Waals surface area contributed by atoms with E-state index in [2.05, 4.69) is 33.9 Å². The number of rotatable bonds is 6. The molecule has 0 aliphatic carbocycles. The van der Waals surface area contributed by atoms with Gasteiger partial charge in [0.2, 0.25) is 0 Å². The topological polar surface area (TPSA) is 47.9 Å². The number of ether oxygens (including phenoxy) is 2. The standard InChI is InChI=1S/C21H36O4Si/c1-15-19(22)18(14-24-26(6,7)21(3,4)5)25-16(2)20(15)23-13-17-11-9-8-10-12-17/h8-12,15-16,18-20,22H,13-14H2,1-7H3/t15-,16-,18?,19+,20?/m0/s1. The SMILES string of the molecule is C[C@@H]1OC(CO[Si](C)(C)C(C)(C)C)[C@H](O)[C@H](C)C1OCc1ccccc1. The lowest BCUT2D eigenvalue weighted by molar-refractivity contribution is -0.214. The normalized spacial score (nSPS) is 30.4. The van der Waals surface area contributed by atoms with E-state index >= 15 is 0 Å². The molecule has 0 radical (unpaired) electrons. The Morgan fingerprint density at radius 1 is 1.12 bits per heavy atom. The Labute approximate surface area is 160 Å². The van der Waals surface area contributed by atoms with Gasteiger partial charge in [0.1, 0.15) is 6.10 Å². The van der Waals surface area contributed by atoms with Crippen LogP contribution in [0.4, 0.5) is 0 Å². The smallest absolute Gasteiger partial charge is 0.192 e. The average Bonchev–Trinajstić information content (AvgIpc) is 2.56. The van der Waals surface area contributed by atoms with Gasteiger partial charge in [0.25, 0.3) is 0 Å². The molecule has 1 aliphatic rings. The zero-order valence-corrected chi connectivity index (χ0v) is 18.4. The van der Waals surface area contributed by atoms with Gasteiger partial charge in [0.15, 0.2) is 8.32 Å². The molecule has 5 heteroatoms. The predicted octanol–water partition coefficient (Wildman–Crippen LogP) is 4.38. The summed E-state index contributed by atoms with van der Waals surface area (Å²) in [7, 11) is -1.86. The molecule has 0 spiro atoms. The molecule has 1 aromatic carbocycles. The van der Waals surface area contributed by atoms with Crippen molar-refractivity contribution in [2.75, 3.05) is 6.61 Å². The molecule has 2 unspecified atom stereocenters. The summed E-state index contributed by atoms with van der Waals surface area (Å²) in [4.78, 5) is 0. The van der Waals surface area contributed by atoms with Gasteiger partial charge in [-0.2, -0.15) is 0 Å². The highest BCUT2D eigenvalue weighted by molar-refractivity contribution is 6.74. The molecule has 1 aromatic rings. The number of aliphatic hydroxyl groups excluding tert-OH is 1. The molecule has 1 heterocycles. The van der Waals surface area contributed by atoms with Crippen molar-refractivity contribution in [2.45, 2.75) is 83.8 Å². The molecule has 4 nitrogen and oxygen atoms in total. The van der Waals surface area contributed by atoms with E-state index in [1.807, 2.05) is 44.2 Å². The Morgan fingerprint density at radius 2 is 1.73 bits per heavy atom. The number of benzene rings is 1. The average molecular weight is 381 g/mol. The lowest BCUT2D eigenvalue weighted by Crippen LogP contribution is -2.55. The first-order valence-corrected chi connectivity index (χ1v) is 12.6. The van der Waals surface area contributed by atoms with Crippen LogP contribution in [0.15, 0.2) is 30.3 Å². The van der Waals surface area contributed by atoms with Gasteiger partial charge in [-0.15, -0.1) is 0 Å². The molecule has 2 rings (SSSR count). The van der Waals surface area contributed by atoms with E-state index in [1.54, 1.807) is 0 Å². The van der Waals surface area contributed by atoms with Gasteiger partial charge in [0, 0.05) is 5.92 Å². The third-order valence-corrected chi connectivity index (χ3v) is 10.5. The van der Waals surface area contributed by atoms with Crippen LogP contribution in [0.1, 0.15) is 40.2 Å². The molecule has 26 heavy (non-hydrogen) atoms. The molecule has 1 saturated heterocycles. The largest absolute Gasteiger partial charge is 0.414 e. The van der Waals surface area contributed by atoms with Crippen molar-refractivity contribution < 1.29 is 19.0 Å². The second-order valence-electron chi connectivity index (χ2n) is 9.06. The van der Waals surface area contributed by atoms with Crippen molar-refractivity contribution in [1.29, 1.82) is 0 Å². The van der Waals surface area contributed by atoms with E-state index in [9.17, 15) is 5.11 Å². The summed E-state index contributed by atoms with van der Waals surface area (Å²) in [6, 6.07) is 10.1. The summed E-state index contributed by atoms with van der Waals surface area (Å²) in [5.41, 5.74) is 1.13. The Morgan fingerprint density at radius 3 is 2.31 bits per heavy atom. The van der Waals surface area contributed by atoms with Crippen molar-refractivity contribution in [3.63, 3.8) is 0 Å². The van der Waals surface area contributed by atoms with E-state index in [-0.39, 0.29) is 29.3 Å². The highest BCUT2D eigenvalue weighted by Crippen LogP contribution is 2.37. The van der Waals surface area contributed by atoms with Crippen molar-refractivity contribution in [3.05, 3.63) is 35.9 Å². The molecule has 5 atom stereocenters. The Balaban J connectivity index is 1.93. The number of hydrogen-bond donors (Lipinski definition) is 1. The van der Waals surface area contributed by atoms with Gasteiger partial charge in [-0.3, -0.25) is 0 Å². The van der Waals surface area contributed by atoms with Gasteiger partial charge >= 0.3 is 0 Å². The van der Waals surface area contributed by atoms with E-state index in [1.165, 1.54) is 0 Å². The van der Waals surface area contributed by atoms with Crippen LogP contribution >= 0.6 is 0 Å². The van der Waals surface area contributed by atoms with Gasteiger partial charge in [-0.25, -0.2) is 0 Å². The highest BCUT2D eigenvalue weighted by Gasteiger charge is 2.44. The molecule has 1 aliphatic heterocycles. The fourth-order valence-electron chi connectivity index (χ4n) is 3.09. The van der Waals surface area contributed by atoms with Gasteiger partial charge < -0.3 is 19.0 Å². The van der Waals surface area contributed by atoms with Crippen LogP contribution in [-0.4, -0.2) is 44.4 Å². The van der Waals surface area contributed by atoms with Crippen molar-refractivity contribution >= 4 is 8.32 Å². The van der Waals surface area contributed by atoms with E-state index in [0.717, 1.165) is 5.56 Å². The number of hydrogen-bond acceptors (Lipinski definition) is 4. The third-order valence-electron chi connectivity index (χ3n) is 5.99. The quantitative estimate of drug-likeness (QED) is 0.744. The summed E-state index contributed by atoms with van der Waals surface area (Å²) < 4.78 is 18.5. The minimum atomic E-state index is -1.86. The van der Waals surface area contributed by atoms with E-state index < -0.39 is 14.4 Å². The predicted molar refractivity (Wildman–Crippen MR) is 108 cm³/mol. The van der Waals surface area contributed by atoms with Crippen molar-refractivity contribution in [1.82, 2.24) is 0 Å². The van der Waals surface area contributed by atoms with Crippen LogP contribution in [0.5, 0.6) is 0 Å². The van der Waals surface area contributed by atoms with Gasteiger partial charge in [-0.1, -0.05) is 58.0 Å². The van der Waals surface area contributed by atoms with Crippen LogP contribution in [0.25, 0.3) is 0 Å². The molecule has 148 valence electrons. The fraction of sp³-hybridized carbons (Fsp3) is 0.714. The highest BCUT2D eigenvalue weighted by atomic mass is 28.4. The molecule has 1 N–H and O–H groups in total. The Kier molecular flexibility index (Phi) is 7.08. The molecule has 0 aromatic heterocycles. The maximum absolute atomic E-state index is 10.8. The van der Waals surface area contributed by atoms with Crippen LogP contribution in [0.3, 0.4) is 0 Å². The second kappa shape index (κ2) is 8.53. The minimum absolute atomic E-state index is 0.00419. The lowest BCUT2D eigenvalue weighted by atomic mass is 9.88. The maximum Gasteiger partial charge on any atom is 0.192 e. The fourth-order valence-corrected chi connectivity index (χ4v) is 4.11. The molecule has 0 saturated carbocycles. The molecule has 0 bridgehead atoms. The summed E-state index contributed by atoms with van der Waals surface area (Å²) in [6.45, 7) is 16.1. The van der Waals surface area contributed by atoms with Gasteiger partial charge in [0.05, 0.1) is 31.5 Å². The molecular formula is C21H36O4Si. The molecule has 0 amide bonds. The minimum Gasteiger partial charge on any atom is -0.414 e. The Hall–Kier alpha value is -0.723. The summed E-state index contributed by atoms with van der Waals surface area (Å²) in [6.07, 6.45) is -1.10. The van der Waals surface area contributed by atoms with Crippen LogP contribution < -0.4 is 0 Å². The zero-order valence-electron chi connectivity index (χ0n) is 17.4. The molecular weight excluding hydrogens is 344 g/mol. The summed E-state index contributed by atoms with van der Waals surface area (Å²) in [5.74, 6) is -0.00419. The Bertz CT molecular complexity index is 555.